The Morgan fingerprint density at radius 1 is 1.12 bits per heavy atom. The fourth-order valence-corrected chi connectivity index (χ4v) is 3.18. The van der Waals surface area contributed by atoms with Gasteiger partial charge in [0.25, 0.3) is 11.5 Å². The number of nitrogens with zero attached hydrogens (tertiary/aromatic N) is 2. The molecule has 0 unspecified atom stereocenters. The summed E-state index contributed by atoms with van der Waals surface area (Å²) >= 11 is 0. The van der Waals surface area contributed by atoms with E-state index in [4.69, 9.17) is 19.9 Å². The third kappa shape index (κ3) is 5.70. The normalized spacial score (nSPS) is 10.8. The molecule has 32 heavy (non-hydrogen) atoms. The molecule has 3 N–H and O–H groups in total. The van der Waals surface area contributed by atoms with E-state index in [9.17, 15) is 14.4 Å². The average Bonchev–Trinajstić information content (AvgIpc) is 2.78. The lowest BCUT2D eigenvalue weighted by atomic mass is 10.1. The van der Waals surface area contributed by atoms with Crippen LogP contribution >= 0.6 is 0 Å². The van der Waals surface area contributed by atoms with Crippen LogP contribution in [-0.4, -0.2) is 49.4 Å². The highest BCUT2D eigenvalue weighted by molar-refractivity contribution is 6.07. The largest absolute Gasteiger partial charge is 0.493 e. The van der Waals surface area contributed by atoms with Crippen molar-refractivity contribution < 1.29 is 19.0 Å². The first kappa shape index (κ1) is 25.0. The molecule has 2 aromatic rings. The van der Waals surface area contributed by atoms with Gasteiger partial charge in [-0.15, -0.1) is 0 Å². The highest BCUT2D eigenvalue weighted by atomic mass is 16.5. The molecule has 1 aromatic heterocycles. The maximum atomic E-state index is 13.4. The van der Waals surface area contributed by atoms with E-state index >= 15 is 0 Å². The third-order valence-electron chi connectivity index (χ3n) is 4.86. The zero-order chi connectivity index (χ0) is 23.7. The van der Waals surface area contributed by atoms with Gasteiger partial charge >= 0.3 is 5.69 Å². The summed E-state index contributed by atoms with van der Waals surface area (Å²) in [7, 11) is 2.97. The van der Waals surface area contributed by atoms with Crippen LogP contribution in [0.3, 0.4) is 0 Å². The molecule has 0 aliphatic heterocycles. The Morgan fingerprint density at radius 2 is 1.88 bits per heavy atom. The van der Waals surface area contributed by atoms with Crippen LogP contribution in [-0.2, 0) is 11.3 Å². The summed E-state index contributed by atoms with van der Waals surface area (Å²) in [5.74, 6) is 0.363. The molecule has 0 aliphatic carbocycles. The second-order valence-electron chi connectivity index (χ2n) is 7.16. The fraction of sp³-hybridized carbons (Fsp3) is 0.500. The van der Waals surface area contributed by atoms with Gasteiger partial charge in [0.05, 0.1) is 20.3 Å². The summed E-state index contributed by atoms with van der Waals surface area (Å²) < 4.78 is 17.5. The average molecular weight is 449 g/mol. The first-order valence-electron chi connectivity index (χ1n) is 10.6. The minimum Gasteiger partial charge on any atom is -0.493 e. The van der Waals surface area contributed by atoms with Crippen LogP contribution in [0.2, 0.25) is 0 Å². The number of nitrogens with one attached hydrogen (secondary N) is 1. The molecule has 10 heteroatoms. The highest BCUT2D eigenvalue weighted by Crippen LogP contribution is 2.29. The summed E-state index contributed by atoms with van der Waals surface area (Å²) in [6, 6.07) is 4.80. The van der Waals surface area contributed by atoms with Crippen LogP contribution in [0.25, 0.3) is 0 Å². The van der Waals surface area contributed by atoms with Crippen molar-refractivity contribution >= 4 is 17.4 Å². The molecule has 0 bridgehead atoms. The van der Waals surface area contributed by atoms with Crippen molar-refractivity contribution in [3.05, 3.63) is 44.6 Å². The maximum Gasteiger partial charge on any atom is 0.330 e. The van der Waals surface area contributed by atoms with Gasteiger partial charge in [-0.2, -0.15) is 0 Å². The number of carbonyl (C=O) groups is 1. The Bertz CT molecular complexity index is 1030. The summed E-state index contributed by atoms with van der Waals surface area (Å²) in [5.41, 5.74) is 4.99. The van der Waals surface area contributed by atoms with E-state index in [-0.39, 0.29) is 30.2 Å². The summed E-state index contributed by atoms with van der Waals surface area (Å²) in [6.07, 6.45) is 2.51. The number of nitrogen functional groups attached to an aromatic ring is 1. The minimum atomic E-state index is -0.740. The minimum absolute atomic E-state index is 0.0595. The SMILES string of the molecule is CCCCOc1ccc(C(=O)N(CCOC)c2c(N)n(CCC)c(=O)[nH]c2=O)cc1OC. The maximum absolute atomic E-state index is 13.4. The van der Waals surface area contributed by atoms with E-state index in [1.807, 2.05) is 6.92 Å². The standard InChI is InChI=1S/C22H32N4O6/c1-5-7-12-32-16-9-8-15(14-17(16)31-4)21(28)25(11-13-30-3)18-19(23)26(10-6-2)22(29)24-20(18)27/h8-9,14H,5-7,10-13,23H2,1-4H3,(H,24,27,29). The van der Waals surface area contributed by atoms with Gasteiger partial charge in [-0.25, -0.2) is 4.79 Å². The quantitative estimate of drug-likeness (QED) is 0.475. The van der Waals surface area contributed by atoms with Crippen molar-refractivity contribution in [2.45, 2.75) is 39.7 Å². The molecular weight excluding hydrogens is 416 g/mol. The summed E-state index contributed by atoms with van der Waals surface area (Å²) in [4.78, 5) is 41.7. The Balaban J connectivity index is 2.51. The topological polar surface area (TPSA) is 129 Å². The highest BCUT2D eigenvalue weighted by Gasteiger charge is 2.26. The number of amides is 1. The second kappa shape index (κ2) is 11.9. The van der Waals surface area contributed by atoms with Gasteiger partial charge in [0.15, 0.2) is 17.2 Å². The summed E-state index contributed by atoms with van der Waals surface area (Å²) in [5, 5.41) is 0. The smallest absolute Gasteiger partial charge is 0.330 e. The Kier molecular flexibility index (Phi) is 9.33. The Morgan fingerprint density at radius 3 is 2.50 bits per heavy atom. The number of benzene rings is 1. The molecule has 10 nitrogen and oxygen atoms in total. The molecule has 0 spiro atoms. The molecule has 176 valence electrons. The predicted molar refractivity (Wildman–Crippen MR) is 123 cm³/mol. The molecule has 1 heterocycles. The van der Waals surface area contributed by atoms with E-state index < -0.39 is 17.2 Å². The van der Waals surface area contributed by atoms with Crippen LogP contribution in [0.15, 0.2) is 27.8 Å². The molecule has 1 amide bonds. The van der Waals surface area contributed by atoms with Crippen LogP contribution in [0, 0.1) is 0 Å². The number of carbonyl (C=O) groups excluding carboxylic acids is 1. The summed E-state index contributed by atoms with van der Waals surface area (Å²) in [6.45, 7) is 5.00. The number of aromatic nitrogens is 2. The number of aromatic amines is 1. The number of ether oxygens (including phenoxy) is 3. The first-order valence-corrected chi connectivity index (χ1v) is 10.6. The van der Waals surface area contributed by atoms with Crippen LogP contribution < -0.4 is 31.4 Å². The first-order chi connectivity index (χ1) is 15.4. The monoisotopic (exact) mass is 448 g/mol. The van der Waals surface area contributed by atoms with Gasteiger partial charge in [-0.3, -0.25) is 24.0 Å². The van der Waals surface area contributed by atoms with Crippen molar-refractivity contribution in [2.24, 2.45) is 0 Å². The molecule has 0 radical (unpaired) electrons. The van der Waals surface area contributed by atoms with Crippen molar-refractivity contribution in [3.63, 3.8) is 0 Å². The number of unbranched alkanes of at least 4 members (excludes halogenated alkanes) is 1. The molecule has 2 rings (SSSR count). The number of H-pyrrole nitrogens is 1. The molecular formula is C22H32N4O6. The number of nitrogens with two attached hydrogens (primary N) is 1. The third-order valence-corrected chi connectivity index (χ3v) is 4.86. The zero-order valence-corrected chi connectivity index (χ0v) is 19.1. The van der Waals surface area contributed by atoms with Gasteiger partial charge < -0.3 is 19.9 Å². The fourth-order valence-electron chi connectivity index (χ4n) is 3.18. The number of hydrogen-bond donors (Lipinski definition) is 2. The van der Waals surface area contributed by atoms with Crippen LogP contribution in [0.5, 0.6) is 11.5 Å². The lowest BCUT2D eigenvalue weighted by Crippen LogP contribution is -2.42. The number of hydrogen-bond acceptors (Lipinski definition) is 7. The predicted octanol–water partition coefficient (Wildman–Crippen LogP) is 2.01. The van der Waals surface area contributed by atoms with Gasteiger partial charge in [0.2, 0.25) is 0 Å². The second-order valence-corrected chi connectivity index (χ2v) is 7.16. The van der Waals surface area contributed by atoms with Crippen LogP contribution in [0.1, 0.15) is 43.5 Å². The van der Waals surface area contributed by atoms with Crippen molar-refractivity contribution in [1.82, 2.24) is 9.55 Å². The van der Waals surface area contributed by atoms with Crippen molar-refractivity contribution in [3.8, 4) is 11.5 Å². The lowest BCUT2D eigenvalue weighted by Gasteiger charge is -2.24. The van der Waals surface area contributed by atoms with Crippen LogP contribution in [0.4, 0.5) is 11.5 Å². The van der Waals surface area contributed by atoms with E-state index in [1.165, 1.54) is 23.7 Å². The van der Waals surface area contributed by atoms with Gasteiger partial charge in [-0.05, 0) is 31.0 Å². The van der Waals surface area contributed by atoms with Crippen molar-refractivity contribution in [2.75, 3.05) is 44.6 Å². The number of rotatable bonds is 12. The van der Waals surface area contributed by atoms with E-state index in [1.54, 1.807) is 18.2 Å². The lowest BCUT2D eigenvalue weighted by molar-refractivity contribution is 0.0975. The molecule has 0 fully saturated rings. The van der Waals surface area contributed by atoms with Crippen molar-refractivity contribution in [1.29, 1.82) is 0 Å². The zero-order valence-electron chi connectivity index (χ0n) is 19.1. The number of anilines is 2. The Hall–Kier alpha value is -3.27. The number of methoxy groups -OCH3 is 2. The molecule has 0 atom stereocenters. The molecule has 1 aromatic carbocycles. The molecule has 0 aliphatic rings. The van der Waals surface area contributed by atoms with Gasteiger partial charge in [-0.1, -0.05) is 20.3 Å². The molecule has 0 saturated heterocycles. The van der Waals surface area contributed by atoms with Gasteiger partial charge in [0, 0.05) is 25.8 Å². The van der Waals surface area contributed by atoms with E-state index in [0.717, 1.165) is 12.8 Å². The van der Waals surface area contributed by atoms with Gasteiger partial charge in [0.1, 0.15) is 5.82 Å². The van der Waals surface area contributed by atoms with E-state index in [2.05, 4.69) is 11.9 Å². The Labute approximate surface area is 186 Å². The van der Waals surface area contributed by atoms with E-state index in [0.29, 0.717) is 31.1 Å². The molecule has 0 saturated carbocycles.